The van der Waals surface area contributed by atoms with Crippen LogP contribution in [0.1, 0.15) is 43.7 Å². The SMILES string of the molecule is CC1CCN(C(=O)c2cc(Cl)cn2C(C)C)CC1O. The molecule has 1 aromatic heterocycles. The minimum absolute atomic E-state index is 0.0495. The second kappa shape index (κ2) is 5.55. The van der Waals surface area contributed by atoms with E-state index in [1.165, 1.54) is 0 Å². The van der Waals surface area contributed by atoms with E-state index in [1.54, 1.807) is 17.2 Å². The lowest BCUT2D eigenvalue weighted by molar-refractivity contribution is 0.0241. The average Bonchev–Trinajstić information content (AvgIpc) is 2.74. The average molecular weight is 285 g/mol. The Morgan fingerprint density at radius 1 is 1.53 bits per heavy atom. The number of aromatic nitrogens is 1. The Morgan fingerprint density at radius 3 is 2.79 bits per heavy atom. The molecule has 1 saturated heterocycles. The number of halogens is 1. The van der Waals surface area contributed by atoms with Gasteiger partial charge in [0.05, 0.1) is 11.1 Å². The van der Waals surface area contributed by atoms with E-state index in [9.17, 15) is 9.90 Å². The lowest BCUT2D eigenvalue weighted by Crippen LogP contribution is -2.46. The highest BCUT2D eigenvalue weighted by atomic mass is 35.5. The highest BCUT2D eigenvalue weighted by Crippen LogP contribution is 2.23. The molecule has 1 fully saturated rings. The molecule has 1 N–H and O–H groups in total. The first kappa shape index (κ1) is 14.4. The molecule has 0 radical (unpaired) electrons. The summed E-state index contributed by atoms with van der Waals surface area (Å²) < 4.78 is 1.88. The fourth-order valence-corrected chi connectivity index (χ4v) is 2.65. The van der Waals surface area contributed by atoms with Gasteiger partial charge in [0.2, 0.25) is 0 Å². The van der Waals surface area contributed by atoms with Crippen molar-refractivity contribution in [2.75, 3.05) is 13.1 Å². The summed E-state index contributed by atoms with van der Waals surface area (Å²) in [5, 5.41) is 10.5. The summed E-state index contributed by atoms with van der Waals surface area (Å²) in [5.74, 6) is 0.205. The first-order valence-electron chi connectivity index (χ1n) is 6.75. The number of aliphatic hydroxyl groups is 1. The molecular weight excluding hydrogens is 264 g/mol. The lowest BCUT2D eigenvalue weighted by Gasteiger charge is -2.34. The van der Waals surface area contributed by atoms with Crippen LogP contribution in [0.5, 0.6) is 0 Å². The van der Waals surface area contributed by atoms with Gasteiger partial charge >= 0.3 is 0 Å². The van der Waals surface area contributed by atoms with Crippen LogP contribution in [0, 0.1) is 5.92 Å². The Labute approximate surface area is 119 Å². The van der Waals surface area contributed by atoms with Crippen LogP contribution in [0.3, 0.4) is 0 Å². The third-order valence-corrected chi connectivity index (χ3v) is 4.00. The van der Waals surface area contributed by atoms with Crippen LogP contribution in [-0.4, -0.2) is 39.7 Å². The number of rotatable bonds is 2. The molecule has 4 nitrogen and oxygen atoms in total. The largest absolute Gasteiger partial charge is 0.391 e. The van der Waals surface area contributed by atoms with E-state index >= 15 is 0 Å². The number of carbonyl (C=O) groups excluding carboxylic acids is 1. The van der Waals surface area contributed by atoms with Gasteiger partial charge in [-0.05, 0) is 32.3 Å². The van der Waals surface area contributed by atoms with E-state index in [0.717, 1.165) is 6.42 Å². The zero-order chi connectivity index (χ0) is 14.2. The number of β-amino-alcohol motifs (C(OH)–C–C–N with tert-alkyl or cyclic N) is 1. The molecule has 1 amide bonds. The van der Waals surface area contributed by atoms with E-state index in [1.807, 2.05) is 25.3 Å². The Bertz CT molecular complexity index is 470. The van der Waals surface area contributed by atoms with E-state index in [4.69, 9.17) is 11.6 Å². The fraction of sp³-hybridized carbons (Fsp3) is 0.643. The molecule has 2 heterocycles. The zero-order valence-electron chi connectivity index (χ0n) is 11.6. The molecule has 2 rings (SSSR count). The maximum atomic E-state index is 12.5. The Morgan fingerprint density at radius 2 is 2.21 bits per heavy atom. The normalized spacial score (nSPS) is 24.0. The standard InChI is InChI=1S/C14H21ClN2O2/c1-9(2)17-7-11(15)6-12(17)14(19)16-5-4-10(3)13(18)8-16/h6-7,9-10,13,18H,4-5,8H2,1-3H3. The van der Waals surface area contributed by atoms with Crippen molar-refractivity contribution in [1.29, 1.82) is 0 Å². The van der Waals surface area contributed by atoms with Gasteiger partial charge in [-0.25, -0.2) is 0 Å². The molecule has 0 spiro atoms. The Hall–Kier alpha value is -1.00. The number of hydrogen-bond donors (Lipinski definition) is 1. The van der Waals surface area contributed by atoms with Crippen LogP contribution >= 0.6 is 11.6 Å². The van der Waals surface area contributed by atoms with Crippen LogP contribution in [0.4, 0.5) is 0 Å². The molecule has 19 heavy (non-hydrogen) atoms. The van der Waals surface area contributed by atoms with Crippen molar-refractivity contribution in [2.45, 2.75) is 39.3 Å². The second-order valence-electron chi connectivity index (χ2n) is 5.63. The zero-order valence-corrected chi connectivity index (χ0v) is 12.4. The van der Waals surface area contributed by atoms with E-state index in [-0.39, 0.29) is 17.9 Å². The van der Waals surface area contributed by atoms with Crippen LogP contribution in [0.15, 0.2) is 12.3 Å². The summed E-state index contributed by atoms with van der Waals surface area (Å²) >= 11 is 6.00. The maximum absolute atomic E-state index is 12.5. The first-order chi connectivity index (χ1) is 8.90. The molecule has 2 atom stereocenters. The van der Waals surface area contributed by atoms with Crippen molar-refractivity contribution >= 4 is 17.5 Å². The van der Waals surface area contributed by atoms with Gasteiger partial charge in [-0.3, -0.25) is 4.79 Å². The molecule has 0 bridgehead atoms. The minimum atomic E-state index is -0.435. The minimum Gasteiger partial charge on any atom is -0.391 e. The van der Waals surface area contributed by atoms with E-state index < -0.39 is 6.10 Å². The molecule has 5 heteroatoms. The van der Waals surface area contributed by atoms with Crippen molar-refractivity contribution < 1.29 is 9.90 Å². The van der Waals surface area contributed by atoms with Crippen molar-refractivity contribution in [1.82, 2.24) is 9.47 Å². The Balaban J connectivity index is 2.20. The van der Waals surface area contributed by atoms with E-state index in [2.05, 4.69) is 0 Å². The van der Waals surface area contributed by atoms with Crippen molar-refractivity contribution in [2.24, 2.45) is 5.92 Å². The van der Waals surface area contributed by atoms with E-state index in [0.29, 0.717) is 23.8 Å². The molecule has 1 aliphatic rings. The highest BCUT2D eigenvalue weighted by Gasteiger charge is 2.29. The summed E-state index contributed by atoms with van der Waals surface area (Å²) in [7, 11) is 0. The van der Waals surface area contributed by atoms with Crippen molar-refractivity contribution in [3.8, 4) is 0 Å². The maximum Gasteiger partial charge on any atom is 0.270 e. The van der Waals surface area contributed by atoms with Crippen molar-refractivity contribution in [3.63, 3.8) is 0 Å². The Kier molecular flexibility index (Phi) is 4.21. The van der Waals surface area contributed by atoms with Gasteiger partial charge in [0, 0.05) is 25.3 Å². The molecule has 0 saturated carbocycles. The van der Waals surface area contributed by atoms with Crippen LogP contribution in [0.2, 0.25) is 5.02 Å². The summed E-state index contributed by atoms with van der Waals surface area (Å²) in [6, 6.07) is 1.88. The highest BCUT2D eigenvalue weighted by molar-refractivity contribution is 6.31. The topological polar surface area (TPSA) is 45.5 Å². The predicted octanol–water partition coefficient (Wildman–Crippen LogP) is 2.57. The number of amides is 1. The summed E-state index contributed by atoms with van der Waals surface area (Å²) in [6.07, 6.45) is 2.18. The van der Waals surface area contributed by atoms with Gasteiger partial charge in [0.1, 0.15) is 5.69 Å². The van der Waals surface area contributed by atoms with Crippen LogP contribution in [-0.2, 0) is 0 Å². The first-order valence-corrected chi connectivity index (χ1v) is 7.12. The van der Waals surface area contributed by atoms with Gasteiger partial charge in [0.15, 0.2) is 0 Å². The third kappa shape index (κ3) is 2.95. The van der Waals surface area contributed by atoms with Crippen LogP contribution < -0.4 is 0 Å². The van der Waals surface area contributed by atoms with Gasteiger partial charge in [0.25, 0.3) is 5.91 Å². The van der Waals surface area contributed by atoms with Crippen molar-refractivity contribution in [3.05, 3.63) is 23.0 Å². The molecule has 1 aliphatic heterocycles. The molecule has 1 aromatic rings. The second-order valence-corrected chi connectivity index (χ2v) is 6.07. The smallest absolute Gasteiger partial charge is 0.270 e. The molecule has 0 aliphatic carbocycles. The quantitative estimate of drug-likeness (QED) is 0.907. The molecule has 106 valence electrons. The predicted molar refractivity (Wildman–Crippen MR) is 75.5 cm³/mol. The molecular formula is C14H21ClN2O2. The third-order valence-electron chi connectivity index (χ3n) is 3.80. The summed E-state index contributed by atoms with van der Waals surface area (Å²) in [4.78, 5) is 14.2. The number of hydrogen-bond acceptors (Lipinski definition) is 2. The fourth-order valence-electron chi connectivity index (χ4n) is 2.44. The number of nitrogens with zero attached hydrogens (tertiary/aromatic N) is 2. The molecule has 0 aromatic carbocycles. The lowest BCUT2D eigenvalue weighted by atomic mass is 9.96. The van der Waals surface area contributed by atoms with Gasteiger partial charge < -0.3 is 14.6 Å². The summed E-state index contributed by atoms with van der Waals surface area (Å²) in [6.45, 7) is 7.14. The van der Waals surface area contributed by atoms with Crippen LogP contribution in [0.25, 0.3) is 0 Å². The number of piperidine rings is 1. The summed E-state index contributed by atoms with van der Waals surface area (Å²) in [5.41, 5.74) is 0.599. The van der Waals surface area contributed by atoms with Gasteiger partial charge in [-0.15, -0.1) is 0 Å². The molecule has 2 unspecified atom stereocenters. The monoisotopic (exact) mass is 284 g/mol. The number of aliphatic hydroxyl groups excluding tert-OH is 1. The van der Waals surface area contributed by atoms with Gasteiger partial charge in [-0.2, -0.15) is 0 Å². The van der Waals surface area contributed by atoms with Gasteiger partial charge in [-0.1, -0.05) is 18.5 Å². The number of carbonyl (C=O) groups is 1. The number of likely N-dealkylation sites (tertiary alicyclic amines) is 1.